The number of nitrogen functional groups attached to an aromatic ring is 1. The predicted molar refractivity (Wildman–Crippen MR) is 62.8 cm³/mol. The molecule has 0 heterocycles. The van der Waals surface area contributed by atoms with Crippen molar-refractivity contribution < 1.29 is 22.3 Å². The fourth-order valence-electron chi connectivity index (χ4n) is 1.18. The second-order valence-electron chi connectivity index (χ2n) is 3.54. The monoisotopic (exact) mass is 276 g/mol. The maximum atomic E-state index is 13.5. The number of ether oxygens (including phenoxy) is 1. The zero-order valence-corrected chi connectivity index (χ0v) is 10.7. The van der Waals surface area contributed by atoms with E-state index in [0.29, 0.717) is 5.56 Å². The standard InChI is InChI=1S/C10H13FN2O4S/c1-6-3-7(11)9(4-8(6)12)18(15,16)13-5-10(14)17-2/h3-4,13H,5,12H2,1-2H3. The Bertz CT molecular complexity index is 571. The van der Waals surface area contributed by atoms with Crippen molar-refractivity contribution in [2.75, 3.05) is 19.4 Å². The summed E-state index contributed by atoms with van der Waals surface area (Å²) < 4.78 is 43.2. The molecule has 0 aliphatic carbocycles. The van der Waals surface area contributed by atoms with Crippen LogP contribution >= 0.6 is 0 Å². The number of rotatable bonds is 4. The molecular formula is C10H13FN2O4S. The molecule has 0 aromatic heterocycles. The third-order valence-electron chi connectivity index (χ3n) is 2.24. The normalized spacial score (nSPS) is 11.3. The highest BCUT2D eigenvalue weighted by molar-refractivity contribution is 7.89. The van der Waals surface area contributed by atoms with Gasteiger partial charge in [-0.3, -0.25) is 4.79 Å². The molecule has 100 valence electrons. The summed E-state index contributed by atoms with van der Waals surface area (Å²) in [5.74, 6) is -1.71. The number of sulfonamides is 1. The summed E-state index contributed by atoms with van der Waals surface area (Å²) in [5.41, 5.74) is 6.10. The van der Waals surface area contributed by atoms with Crippen LogP contribution in [0.5, 0.6) is 0 Å². The Kier molecular flexibility index (Phi) is 4.25. The van der Waals surface area contributed by atoms with Crippen LogP contribution in [-0.4, -0.2) is 28.0 Å². The number of carbonyl (C=O) groups excluding carboxylic acids is 1. The quantitative estimate of drug-likeness (QED) is 0.603. The predicted octanol–water partition coefficient (Wildman–Crippen LogP) is 0.168. The largest absolute Gasteiger partial charge is 0.468 e. The van der Waals surface area contributed by atoms with Gasteiger partial charge in [-0.25, -0.2) is 12.8 Å². The number of benzene rings is 1. The Balaban J connectivity index is 3.06. The van der Waals surface area contributed by atoms with Gasteiger partial charge in [-0.2, -0.15) is 4.72 Å². The molecule has 0 amide bonds. The fraction of sp³-hybridized carbons (Fsp3) is 0.300. The molecule has 0 fully saturated rings. The number of hydrogen-bond acceptors (Lipinski definition) is 5. The highest BCUT2D eigenvalue weighted by Gasteiger charge is 2.21. The lowest BCUT2D eigenvalue weighted by molar-refractivity contribution is -0.139. The van der Waals surface area contributed by atoms with Crippen LogP contribution in [0.15, 0.2) is 17.0 Å². The van der Waals surface area contributed by atoms with E-state index in [4.69, 9.17) is 5.73 Å². The van der Waals surface area contributed by atoms with Gasteiger partial charge in [0.1, 0.15) is 17.3 Å². The first-order valence-electron chi connectivity index (χ1n) is 4.90. The summed E-state index contributed by atoms with van der Waals surface area (Å²) in [6.45, 7) is 0.975. The van der Waals surface area contributed by atoms with Crippen molar-refractivity contribution in [3.8, 4) is 0 Å². The van der Waals surface area contributed by atoms with Crippen LogP contribution in [0, 0.1) is 12.7 Å². The maximum Gasteiger partial charge on any atom is 0.320 e. The number of esters is 1. The molecular weight excluding hydrogens is 263 g/mol. The Morgan fingerprint density at radius 1 is 1.50 bits per heavy atom. The lowest BCUT2D eigenvalue weighted by atomic mass is 10.2. The topological polar surface area (TPSA) is 98.5 Å². The van der Waals surface area contributed by atoms with E-state index in [1.807, 2.05) is 4.72 Å². The van der Waals surface area contributed by atoms with Crippen molar-refractivity contribution in [1.29, 1.82) is 0 Å². The average molecular weight is 276 g/mol. The SMILES string of the molecule is COC(=O)CNS(=O)(=O)c1cc(N)c(C)cc1F. The molecule has 3 N–H and O–H groups in total. The minimum atomic E-state index is -4.14. The molecule has 1 aromatic carbocycles. The van der Waals surface area contributed by atoms with Gasteiger partial charge in [-0.15, -0.1) is 0 Å². The van der Waals surface area contributed by atoms with Crippen molar-refractivity contribution in [3.63, 3.8) is 0 Å². The van der Waals surface area contributed by atoms with Gasteiger partial charge in [0.2, 0.25) is 10.0 Å². The first-order chi connectivity index (χ1) is 8.27. The molecule has 0 aliphatic rings. The molecule has 0 radical (unpaired) electrons. The Labute approximate surface area is 104 Å². The number of aryl methyl sites for hydroxylation is 1. The first-order valence-corrected chi connectivity index (χ1v) is 6.38. The summed E-state index contributed by atoms with van der Waals surface area (Å²) >= 11 is 0. The molecule has 6 nitrogen and oxygen atoms in total. The third kappa shape index (κ3) is 3.17. The molecule has 0 unspecified atom stereocenters. The smallest absolute Gasteiger partial charge is 0.320 e. The number of carbonyl (C=O) groups is 1. The van der Waals surface area contributed by atoms with E-state index in [1.165, 1.54) is 0 Å². The van der Waals surface area contributed by atoms with Crippen LogP contribution in [0.2, 0.25) is 0 Å². The molecule has 0 saturated heterocycles. The number of hydrogen-bond donors (Lipinski definition) is 2. The van der Waals surface area contributed by atoms with Crippen LogP contribution in [0.1, 0.15) is 5.56 Å². The van der Waals surface area contributed by atoms with Crippen LogP contribution in [0.3, 0.4) is 0 Å². The molecule has 18 heavy (non-hydrogen) atoms. The molecule has 1 aromatic rings. The minimum Gasteiger partial charge on any atom is -0.468 e. The average Bonchev–Trinajstić information content (AvgIpc) is 2.30. The maximum absolute atomic E-state index is 13.5. The van der Waals surface area contributed by atoms with Gasteiger partial charge < -0.3 is 10.5 Å². The number of methoxy groups -OCH3 is 1. The van der Waals surface area contributed by atoms with Crippen LogP contribution in [-0.2, 0) is 19.6 Å². The van der Waals surface area contributed by atoms with E-state index in [-0.39, 0.29) is 5.69 Å². The van der Waals surface area contributed by atoms with Crippen molar-refractivity contribution in [3.05, 3.63) is 23.5 Å². The Morgan fingerprint density at radius 2 is 2.11 bits per heavy atom. The summed E-state index contributed by atoms with van der Waals surface area (Å²) in [6, 6.07) is 2.02. The molecule has 0 atom stereocenters. The van der Waals surface area contributed by atoms with Gasteiger partial charge in [-0.05, 0) is 24.6 Å². The Morgan fingerprint density at radius 3 is 2.67 bits per heavy atom. The zero-order chi connectivity index (χ0) is 13.9. The van der Waals surface area contributed by atoms with E-state index in [0.717, 1.165) is 19.2 Å². The van der Waals surface area contributed by atoms with Gasteiger partial charge in [-0.1, -0.05) is 0 Å². The number of halogens is 1. The molecule has 0 saturated carbocycles. The lowest BCUT2D eigenvalue weighted by Gasteiger charge is -2.09. The number of nitrogens with two attached hydrogens (primary N) is 1. The lowest BCUT2D eigenvalue weighted by Crippen LogP contribution is -2.30. The third-order valence-corrected chi connectivity index (χ3v) is 3.66. The van der Waals surface area contributed by atoms with Crippen molar-refractivity contribution in [2.24, 2.45) is 0 Å². The summed E-state index contributed by atoms with van der Waals surface area (Å²) in [5, 5.41) is 0. The molecule has 0 bridgehead atoms. The van der Waals surface area contributed by atoms with Gasteiger partial charge >= 0.3 is 5.97 Å². The second-order valence-corrected chi connectivity index (χ2v) is 5.28. The van der Waals surface area contributed by atoms with Gasteiger partial charge in [0, 0.05) is 5.69 Å². The summed E-state index contributed by atoms with van der Waals surface area (Å²) in [4.78, 5) is 10.2. The van der Waals surface area contributed by atoms with Crippen LogP contribution in [0.4, 0.5) is 10.1 Å². The molecule has 0 aliphatic heterocycles. The molecule has 1 rings (SSSR count). The van der Waals surface area contributed by atoms with Crippen molar-refractivity contribution >= 4 is 21.7 Å². The fourth-order valence-corrected chi connectivity index (χ4v) is 2.24. The number of anilines is 1. The molecule has 0 spiro atoms. The summed E-state index contributed by atoms with van der Waals surface area (Å²) in [6.07, 6.45) is 0. The highest BCUT2D eigenvalue weighted by atomic mass is 32.2. The van der Waals surface area contributed by atoms with E-state index < -0.39 is 33.3 Å². The van der Waals surface area contributed by atoms with E-state index in [1.54, 1.807) is 6.92 Å². The van der Waals surface area contributed by atoms with E-state index in [9.17, 15) is 17.6 Å². The van der Waals surface area contributed by atoms with E-state index in [2.05, 4.69) is 4.74 Å². The minimum absolute atomic E-state index is 0.148. The number of nitrogens with one attached hydrogen (secondary N) is 1. The summed E-state index contributed by atoms with van der Waals surface area (Å²) in [7, 11) is -3.03. The van der Waals surface area contributed by atoms with Gasteiger partial charge in [0.15, 0.2) is 0 Å². The van der Waals surface area contributed by atoms with Gasteiger partial charge in [0.05, 0.1) is 7.11 Å². The van der Waals surface area contributed by atoms with Crippen molar-refractivity contribution in [2.45, 2.75) is 11.8 Å². The zero-order valence-electron chi connectivity index (χ0n) is 9.86. The molecule has 8 heteroatoms. The second kappa shape index (κ2) is 5.32. The Hall–Kier alpha value is -1.67. The van der Waals surface area contributed by atoms with E-state index >= 15 is 0 Å². The first kappa shape index (κ1) is 14.4. The van der Waals surface area contributed by atoms with Crippen LogP contribution in [0.25, 0.3) is 0 Å². The van der Waals surface area contributed by atoms with Crippen molar-refractivity contribution in [1.82, 2.24) is 4.72 Å². The van der Waals surface area contributed by atoms with Crippen LogP contribution < -0.4 is 10.5 Å². The van der Waals surface area contributed by atoms with Gasteiger partial charge in [0.25, 0.3) is 0 Å². The highest BCUT2D eigenvalue weighted by Crippen LogP contribution is 2.21.